The molecule has 0 aliphatic heterocycles. The number of fused-ring (bicyclic) bond motifs is 1. The predicted octanol–water partition coefficient (Wildman–Crippen LogP) is 1.48. The van der Waals surface area contributed by atoms with E-state index in [0.29, 0.717) is 12.0 Å². The fraction of sp³-hybridized carbons (Fsp3) is 0.308. The molecule has 0 heterocycles. The van der Waals surface area contributed by atoms with Crippen molar-refractivity contribution >= 4 is 17.5 Å². The first-order valence-electron chi connectivity index (χ1n) is 5.46. The van der Waals surface area contributed by atoms with Crippen molar-refractivity contribution in [3.8, 4) is 0 Å². The van der Waals surface area contributed by atoms with Gasteiger partial charge in [-0.25, -0.2) is 0 Å². The molecule has 0 saturated carbocycles. The van der Waals surface area contributed by atoms with Crippen LogP contribution in [0, 0.1) is 5.92 Å². The highest BCUT2D eigenvalue weighted by Crippen LogP contribution is 2.27. The fourth-order valence-corrected chi connectivity index (χ4v) is 2.10. The Hall–Kier alpha value is -1.97. The molecule has 1 aromatic carbocycles. The molecular weight excluding hydrogens is 220 g/mol. The van der Waals surface area contributed by atoms with Crippen LogP contribution < -0.4 is 0 Å². The molecule has 1 atom stereocenters. The lowest BCUT2D eigenvalue weighted by molar-refractivity contribution is -0.138. The zero-order valence-electron chi connectivity index (χ0n) is 9.18. The SMILES string of the molecule is O=C(O)CCC(=O)C1Cc2ccccc2C1=O. The quantitative estimate of drug-likeness (QED) is 0.798. The van der Waals surface area contributed by atoms with Crippen LogP contribution in [0.5, 0.6) is 0 Å². The largest absolute Gasteiger partial charge is 0.481 e. The van der Waals surface area contributed by atoms with Crippen molar-refractivity contribution in [2.75, 3.05) is 0 Å². The van der Waals surface area contributed by atoms with Gasteiger partial charge in [-0.05, 0) is 12.0 Å². The van der Waals surface area contributed by atoms with Gasteiger partial charge in [0.1, 0.15) is 5.78 Å². The summed E-state index contributed by atoms with van der Waals surface area (Å²) < 4.78 is 0. The van der Waals surface area contributed by atoms with Crippen molar-refractivity contribution < 1.29 is 19.5 Å². The minimum atomic E-state index is -1.01. The Morgan fingerprint density at radius 2 is 1.94 bits per heavy atom. The van der Waals surface area contributed by atoms with Crippen molar-refractivity contribution in [1.82, 2.24) is 0 Å². The van der Waals surface area contributed by atoms with Gasteiger partial charge in [0.25, 0.3) is 0 Å². The third-order valence-corrected chi connectivity index (χ3v) is 3.00. The van der Waals surface area contributed by atoms with Gasteiger partial charge in [-0.1, -0.05) is 24.3 Å². The highest BCUT2D eigenvalue weighted by Gasteiger charge is 2.34. The maximum absolute atomic E-state index is 11.9. The van der Waals surface area contributed by atoms with E-state index in [1.54, 1.807) is 12.1 Å². The second-order valence-electron chi connectivity index (χ2n) is 4.14. The molecule has 0 fully saturated rings. The zero-order valence-corrected chi connectivity index (χ0v) is 9.18. The maximum atomic E-state index is 11.9. The van der Waals surface area contributed by atoms with Gasteiger partial charge < -0.3 is 5.11 Å². The highest BCUT2D eigenvalue weighted by atomic mass is 16.4. The summed E-state index contributed by atoms with van der Waals surface area (Å²) in [5.41, 5.74) is 1.48. The van der Waals surface area contributed by atoms with Crippen LogP contribution in [0.4, 0.5) is 0 Å². The van der Waals surface area contributed by atoms with Gasteiger partial charge >= 0.3 is 5.97 Å². The molecule has 0 saturated heterocycles. The lowest BCUT2D eigenvalue weighted by Gasteiger charge is -2.04. The highest BCUT2D eigenvalue weighted by molar-refractivity contribution is 6.14. The second kappa shape index (κ2) is 4.49. The molecule has 0 aromatic heterocycles. The van der Waals surface area contributed by atoms with E-state index in [0.717, 1.165) is 5.56 Å². The van der Waals surface area contributed by atoms with Crippen molar-refractivity contribution in [2.24, 2.45) is 5.92 Å². The lowest BCUT2D eigenvalue weighted by atomic mass is 9.96. The Balaban J connectivity index is 2.09. The average Bonchev–Trinajstić information content (AvgIpc) is 2.64. The zero-order chi connectivity index (χ0) is 12.4. The molecule has 0 radical (unpaired) electrons. The van der Waals surface area contributed by atoms with Crippen LogP contribution in [0.25, 0.3) is 0 Å². The van der Waals surface area contributed by atoms with Gasteiger partial charge in [0.05, 0.1) is 12.3 Å². The minimum Gasteiger partial charge on any atom is -0.481 e. The standard InChI is InChI=1S/C13H12O4/c14-11(5-6-12(15)16)10-7-8-3-1-2-4-9(8)13(10)17/h1-4,10H,5-7H2,(H,15,16). The molecule has 0 spiro atoms. The Morgan fingerprint density at radius 3 is 2.59 bits per heavy atom. The van der Waals surface area contributed by atoms with Gasteiger partial charge in [0.15, 0.2) is 5.78 Å². The summed E-state index contributed by atoms with van der Waals surface area (Å²) in [7, 11) is 0. The number of carboxylic acid groups (broad SMARTS) is 1. The Labute approximate surface area is 98.3 Å². The number of carbonyl (C=O) groups excluding carboxylic acids is 2. The van der Waals surface area contributed by atoms with Crippen molar-refractivity contribution in [3.05, 3.63) is 35.4 Å². The van der Waals surface area contributed by atoms with Gasteiger partial charge in [-0.15, -0.1) is 0 Å². The molecule has 88 valence electrons. The summed E-state index contributed by atoms with van der Waals surface area (Å²) in [6.07, 6.45) is 0.131. The molecule has 4 nitrogen and oxygen atoms in total. The van der Waals surface area contributed by atoms with Gasteiger partial charge in [0.2, 0.25) is 0 Å². The molecule has 2 rings (SSSR count). The first kappa shape index (κ1) is 11.5. The van der Waals surface area contributed by atoms with Crippen LogP contribution in [0.2, 0.25) is 0 Å². The lowest BCUT2D eigenvalue weighted by Crippen LogP contribution is -2.21. The molecule has 4 heteroatoms. The maximum Gasteiger partial charge on any atom is 0.303 e. The van der Waals surface area contributed by atoms with E-state index in [1.165, 1.54) is 0 Å². The number of hydrogen-bond acceptors (Lipinski definition) is 3. The average molecular weight is 232 g/mol. The van der Waals surface area contributed by atoms with Crippen molar-refractivity contribution in [2.45, 2.75) is 19.3 Å². The van der Waals surface area contributed by atoms with Crippen LogP contribution in [-0.4, -0.2) is 22.6 Å². The molecule has 1 aliphatic rings. The Kier molecular flexibility index (Phi) is 3.04. The van der Waals surface area contributed by atoms with E-state index in [-0.39, 0.29) is 24.4 Å². The number of aliphatic carboxylic acids is 1. The second-order valence-corrected chi connectivity index (χ2v) is 4.14. The van der Waals surface area contributed by atoms with Crippen molar-refractivity contribution in [3.63, 3.8) is 0 Å². The number of ketones is 2. The first-order valence-corrected chi connectivity index (χ1v) is 5.46. The molecule has 0 amide bonds. The Morgan fingerprint density at radius 1 is 1.24 bits per heavy atom. The van der Waals surface area contributed by atoms with Crippen LogP contribution in [0.1, 0.15) is 28.8 Å². The van der Waals surface area contributed by atoms with Gasteiger partial charge in [0, 0.05) is 12.0 Å². The van der Waals surface area contributed by atoms with Gasteiger partial charge in [-0.2, -0.15) is 0 Å². The summed E-state index contributed by atoms with van der Waals surface area (Å²) in [6.45, 7) is 0. The molecule has 17 heavy (non-hydrogen) atoms. The minimum absolute atomic E-state index is 0.0697. The van der Waals surface area contributed by atoms with E-state index in [2.05, 4.69) is 0 Å². The van der Waals surface area contributed by atoms with E-state index in [1.807, 2.05) is 12.1 Å². The summed E-state index contributed by atoms with van der Waals surface area (Å²) in [6, 6.07) is 7.14. The van der Waals surface area contributed by atoms with Gasteiger partial charge in [-0.3, -0.25) is 14.4 Å². The number of Topliss-reactive ketones (excluding diaryl/α,β-unsaturated/α-hetero) is 2. The van der Waals surface area contributed by atoms with Crippen LogP contribution in [0.15, 0.2) is 24.3 Å². The number of rotatable bonds is 4. The fourth-order valence-electron chi connectivity index (χ4n) is 2.10. The summed E-state index contributed by atoms with van der Waals surface area (Å²) >= 11 is 0. The number of benzene rings is 1. The third-order valence-electron chi connectivity index (χ3n) is 3.00. The summed E-state index contributed by atoms with van der Waals surface area (Å²) in [4.78, 5) is 34.0. The number of carboxylic acids is 1. The molecule has 1 unspecified atom stereocenters. The number of carbonyl (C=O) groups is 3. The topological polar surface area (TPSA) is 71.4 Å². The smallest absolute Gasteiger partial charge is 0.303 e. The molecule has 0 bridgehead atoms. The first-order chi connectivity index (χ1) is 8.09. The third kappa shape index (κ3) is 2.25. The van der Waals surface area contributed by atoms with Crippen molar-refractivity contribution in [1.29, 1.82) is 0 Å². The monoisotopic (exact) mass is 232 g/mol. The molecule has 1 aliphatic carbocycles. The normalized spacial score (nSPS) is 17.9. The molecular formula is C13H12O4. The van der Waals surface area contributed by atoms with E-state index in [4.69, 9.17) is 5.11 Å². The van der Waals surface area contributed by atoms with E-state index >= 15 is 0 Å². The summed E-state index contributed by atoms with van der Waals surface area (Å²) in [5.74, 6) is -2.13. The van der Waals surface area contributed by atoms with E-state index < -0.39 is 11.9 Å². The molecule has 1 aromatic rings. The Bertz CT molecular complexity index is 490. The van der Waals surface area contributed by atoms with Crippen LogP contribution in [-0.2, 0) is 16.0 Å². The van der Waals surface area contributed by atoms with Crippen LogP contribution in [0.3, 0.4) is 0 Å². The predicted molar refractivity (Wildman–Crippen MR) is 59.8 cm³/mol. The van der Waals surface area contributed by atoms with Crippen LogP contribution >= 0.6 is 0 Å². The summed E-state index contributed by atoms with van der Waals surface area (Å²) in [5, 5.41) is 8.51. The molecule has 1 N–H and O–H groups in total. The van der Waals surface area contributed by atoms with E-state index in [9.17, 15) is 14.4 Å². The number of hydrogen-bond donors (Lipinski definition) is 1.